The lowest BCUT2D eigenvalue weighted by Gasteiger charge is -2.32. The Morgan fingerprint density at radius 3 is 2.38 bits per heavy atom. The van der Waals surface area contributed by atoms with Gasteiger partial charge in [0.15, 0.2) is 0 Å². The molecular weight excluding hydrogens is 200 g/mol. The van der Waals surface area contributed by atoms with Crippen LogP contribution in [0, 0.1) is 18.3 Å². The van der Waals surface area contributed by atoms with Gasteiger partial charge in [0.05, 0.1) is 5.92 Å². The Morgan fingerprint density at radius 2 is 1.81 bits per heavy atom. The molecule has 1 aliphatic rings. The van der Waals surface area contributed by atoms with Crippen molar-refractivity contribution in [2.45, 2.75) is 64.4 Å². The van der Waals surface area contributed by atoms with Gasteiger partial charge in [0.25, 0.3) is 0 Å². The van der Waals surface area contributed by atoms with Crippen LogP contribution in [0.3, 0.4) is 0 Å². The first-order valence-electron chi connectivity index (χ1n) is 6.39. The lowest BCUT2D eigenvalue weighted by Crippen LogP contribution is -2.42. The average Bonchev–Trinajstić information content (AvgIpc) is 2.30. The van der Waals surface area contributed by atoms with Crippen molar-refractivity contribution >= 4 is 5.97 Å². The van der Waals surface area contributed by atoms with Gasteiger partial charge < -0.3 is 4.74 Å². The van der Waals surface area contributed by atoms with E-state index < -0.39 is 0 Å². The van der Waals surface area contributed by atoms with Crippen molar-refractivity contribution in [3.05, 3.63) is 0 Å². The SMILES string of the molecule is C#CCCCCCCCCC1OC(=O)C1C. The highest BCUT2D eigenvalue weighted by Crippen LogP contribution is 2.26. The third kappa shape index (κ3) is 4.26. The monoisotopic (exact) mass is 222 g/mol. The highest BCUT2D eigenvalue weighted by molar-refractivity contribution is 5.77. The van der Waals surface area contributed by atoms with Crippen LogP contribution in [0.1, 0.15) is 58.3 Å². The molecule has 16 heavy (non-hydrogen) atoms. The van der Waals surface area contributed by atoms with Crippen molar-refractivity contribution < 1.29 is 9.53 Å². The van der Waals surface area contributed by atoms with Crippen molar-refractivity contribution in [1.82, 2.24) is 0 Å². The molecule has 2 atom stereocenters. The van der Waals surface area contributed by atoms with E-state index in [1.54, 1.807) is 0 Å². The van der Waals surface area contributed by atoms with Gasteiger partial charge in [-0.25, -0.2) is 0 Å². The van der Waals surface area contributed by atoms with E-state index in [9.17, 15) is 4.79 Å². The summed E-state index contributed by atoms with van der Waals surface area (Å²) >= 11 is 0. The molecular formula is C14H22O2. The summed E-state index contributed by atoms with van der Waals surface area (Å²) in [6.45, 7) is 1.95. The summed E-state index contributed by atoms with van der Waals surface area (Å²) in [5.74, 6) is 2.77. The van der Waals surface area contributed by atoms with Gasteiger partial charge in [-0.2, -0.15) is 0 Å². The molecule has 0 aromatic rings. The lowest BCUT2D eigenvalue weighted by atomic mass is 9.94. The molecule has 0 aromatic carbocycles. The van der Waals surface area contributed by atoms with Crippen molar-refractivity contribution in [1.29, 1.82) is 0 Å². The zero-order valence-corrected chi connectivity index (χ0v) is 10.2. The fraction of sp³-hybridized carbons (Fsp3) is 0.786. The number of hydrogen-bond donors (Lipinski definition) is 0. The number of terminal acetylenes is 1. The molecule has 1 saturated heterocycles. The number of carbonyl (C=O) groups excluding carboxylic acids is 1. The molecule has 2 heteroatoms. The molecule has 0 bridgehead atoms. The normalized spacial score (nSPS) is 23.4. The molecule has 0 N–H and O–H groups in total. The molecule has 2 unspecified atom stereocenters. The second-order valence-electron chi connectivity index (χ2n) is 4.63. The van der Waals surface area contributed by atoms with Crippen molar-refractivity contribution in [2.75, 3.05) is 0 Å². The van der Waals surface area contributed by atoms with E-state index in [1.165, 1.54) is 32.1 Å². The van der Waals surface area contributed by atoms with Gasteiger partial charge in [-0.15, -0.1) is 12.3 Å². The van der Waals surface area contributed by atoms with E-state index in [2.05, 4.69) is 5.92 Å². The molecule has 0 aromatic heterocycles. The van der Waals surface area contributed by atoms with Gasteiger partial charge in [0.2, 0.25) is 0 Å². The first kappa shape index (κ1) is 13.1. The summed E-state index contributed by atoms with van der Waals surface area (Å²) in [6, 6.07) is 0. The fourth-order valence-electron chi connectivity index (χ4n) is 2.03. The topological polar surface area (TPSA) is 26.3 Å². The minimum absolute atomic E-state index is 0.0284. The lowest BCUT2D eigenvalue weighted by molar-refractivity contribution is -0.183. The number of carbonyl (C=O) groups is 1. The standard InChI is InChI=1S/C14H22O2/c1-3-4-5-6-7-8-9-10-11-13-12(2)14(15)16-13/h1,12-13H,4-11H2,2H3. The number of hydrogen-bond acceptors (Lipinski definition) is 2. The van der Waals surface area contributed by atoms with Crippen LogP contribution in [0.4, 0.5) is 0 Å². The van der Waals surface area contributed by atoms with Crippen molar-refractivity contribution in [3.8, 4) is 12.3 Å². The second-order valence-corrected chi connectivity index (χ2v) is 4.63. The minimum atomic E-state index is -0.0284. The quantitative estimate of drug-likeness (QED) is 0.358. The molecule has 1 heterocycles. The Hall–Kier alpha value is -0.970. The van der Waals surface area contributed by atoms with E-state index in [-0.39, 0.29) is 18.0 Å². The molecule has 1 aliphatic heterocycles. The summed E-state index contributed by atoms with van der Waals surface area (Å²) in [6.07, 6.45) is 14.7. The van der Waals surface area contributed by atoms with Gasteiger partial charge in [-0.3, -0.25) is 4.79 Å². The van der Waals surface area contributed by atoms with Crippen LogP contribution in [0.2, 0.25) is 0 Å². The first-order chi connectivity index (χ1) is 7.75. The smallest absolute Gasteiger partial charge is 0.312 e. The molecule has 0 amide bonds. The molecule has 1 fully saturated rings. The first-order valence-corrected chi connectivity index (χ1v) is 6.39. The molecule has 0 aliphatic carbocycles. The van der Waals surface area contributed by atoms with Gasteiger partial charge in [0.1, 0.15) is 6.10 Å². The van der Waals surface area contributed by atoms with Crippen LogP contribution in [-0.4, -0.2) is 12.1 Å². The maximum absolute atomic E-state index is 10.8. The molecule has 90 valence electrons. The summed E-state index contributed by atoms with van der Waals surface area (Å²) in [5.41, 5.74) is 0. The number of cyclic esters (lactones) is 1. The van der Waals surface area contributed by atoms with Crippen LogP contribution in [0.15, 0.2) is 0 Å². The number of ether oxygens (including phenoxy) is 1. The largest absolute Gasteiger partial charge is 0.461 e. The highest BCUT2D eigenvalue weighted by atomic mass is 16.6. The summed E-state index contributed by atoms with van der Waals surface area (Å²) in [7, 11) is 0. The van der Waals surface area contributed by atoms with E-state index >= 15 is 0 Å². The predicted octanol–water partition coefficient (Wildman–Crippen LogP) is 3.30. The Labute approximate surface area is 98.8 Å². The zero-order chi connectivity index (χ0) is 11.8. The van der Waals surface area contributed by atoms with Crippen molar-refractivity contribution in [2.24, 2.45) is 5.92 Å². The van der Waals surface area contributed by atoms with Gasteiger partial charge in [0, 0.05) is 6.42 Å². The molecule has 0 radical (unpaired) electrons. The third-order valence-corrected chi connectivity index (χ3v) is 3.26. The van der Waals surface area contributed by atoms with Crippen LogP contribution >= 0.6 is 0 Å². The van der Waals surface area contributed by atoms with E-state index in [0.29, 0.717) is 0 Å². The Morgan fingerprint density at radius 1 is 1.19 bits per heavy atom. The fourth-order valence-corrected chi connectivity index (χ4v) is 2.03. The Balaban J connectivity index is 1.82. The van der Waals surface area contributed by atoms with Gasteiger partial charge in [-0.1, -0.05) is 25.7 Å². The molecule has 0 saturated carbocycles. The van der Waals surface area contributed by atoms with E-state index in [0.717, 1.165) is 19.3 Å². The molecule has 2 nitrogen and oxygen atoms in total. The Kier molecular flexibility index (Phi) is 6.00. The Bertz CT molecular complexity index is 252. The zero-order valence-electron chi connectivity index (χ0n) is 10.2. The maximum Gasteiger partial charge on any atom is 0.312 e. The molecule has 0 spiro atoms. The van der Waals surface area contributed by atoms with E-state index in [1.807, 2.05) is 6.92 Å². The predicted molar refractivity (Wildman–Crippen MR) is 64.8 cm³/mol. The molecule has 1 rings (SSSR count). The van der Waals surface area contributed by atoms with Gasteiger partial charge >= 0.3 is 5.97 Å². The summed E-state index contributed by atoms with van der Waals surface area (Å²) < 4.78 is 5.05. The summed E-state index contributed by atoms with van der Waals surface area (Å²) in [4.78, 5) is 10.8. The highest BCUT2D eigenvalue weighted by Gasteiger charge is 2.37. The third-order valence-electron chi connectivity index (χ3n) is 3.26. The minimum Gasteiger partial charge on any atom is -0.461 e. The van der Waals surface area contributed by atoms with Crippen LogP contribution in [0.25, 0.3) is 0 Å². The maximum atomic E-state index is 10.8. The average molecular weight is 222 g/mol. The van der Waals surface area contributed by atoms with Crippen LogP contribution in [-0.2, 0) is 9.53 Å². The van der Waals surface area contributed by atoms with Crippen LogP contribution < -0.4 is 0 Å². The second kappa shape index (κ2) is 7.33. The van der Waals surface area contributed by atoms with Gasteiger partial charge in [-0.05, 0) is 26.2 Å². The number of unbranched alkanes of at least 4 members (excludes halogenated alkanes) is 6. The number of rotatable bonds is 8. The van der Waals surface area contributed by atoms with Crippen molar-refractivity contribution in [3.63, 3.8) is 0 Å². The summed E-state index contributed by atoms with van der Waals surface area (Å²) in [5, 5.41) is 0. The van der Waals surface area contributed by atoms with Crippen LogP contribution in [0.5, 0.6) is 0 Å². The van der Waals surface area contributed by atoms with E-state index in [4.69, 9.17) is 11.2 Å². The number of esters is 1.